The highest BCUT2D eigenvalue weighted by molar-refractivity contribution is 5.84. The molecule has 1 aliphatic heterocycles. The third kappa shape index (κ3) is 3.14. The predicted molar refractivity (Wildman–Crippen MR) is 74.8 cm³/mol. The number of nitrogens with zero attached hydrogens (tertiary/aromatic N) is 1. The molecule has 1 aliphatic rings. The fourth-order valence-corrected chi connectivity index (χ4v) is 2.63. The Labute approximate surface area is 114 Å². The van der Waals surface area contributed by atoms with Gasteiger partial charge < -0.3 is 15.3 Å². The number of hydrogen-bond donors (Lipinski definition) is 2. The Balaban J connectivity index is 2.19. The second-order valence-corrected chi connectivity index (χ2v) is 4.88. The van der Waals surface area contributed by atoms with Gasteiger partial charge >= 0.3 is 0 Å². The minimum Gasteiger partial charge on any atom is -0.395 e. The van der Waals surface area contributed by atoms with Crippen LogP contribution in [-0.2, 0) is 11.2 Å². The van der Waals surface area contributed by atoms with Crippen LogP contribution in [0, 0.1) is 0 Å². The zero-order chi connectivity index (χ0) is 13.7. The number of carbonyl (C=O) groups excluding carboxylic acids is 1. The van der Waals surface area contributed by atoms with Gasteiger partial charge in [-0.3, -0.25) is 4.79 Å². The maximum Gasteiger partial charge on any atom is 0.244 e. The number of benzene rings is 1. The van der Waals surface area contributed by atoms with Crippen LogP contribution in [0.25, 0.3) is 0 Å². The standard InChI is InChI=1S/C15H22N2O2/c1-2-9-17(10-11-18)15(19)14-13-6-4-3-5-12(13)7-8-16-14/h3-6,14,16,18H,2,7-11H2,1H3. The Hall–Kier alpha value is -1.39. The van der Waals surface area contributed by atoms with Crippen LogP contribution in [0.2, 0.25) is 0 Å². The van der Waals surface area contributed by atoms with Crippen LogP contribution in [0.15, 0.2) is 24.3 Å². The van der Waals surface area contributed by atoms with Crippen LogP contribution >= 0.6 is 0 Å². The number of aliphatic hydroxyl groups is 1. The van der Waals surface area contributed by atoms with Gasteiger partial charge in [-0.05, 0) is 24.0 Å². The van der Waals surface area contributed by atoms with Gasteiger partial charge in [0.25, 0.3) is 0 Å². The maximum absolute atomic E-state index is 12.6. The van der Waals surface area contributed by atoms with E-state index >= 15 is 0 Å². The topological polar surface area (TPSA) is 52.6 Å². The normalized spacial score (nSPS) is 17.9. The molecule has 0 aliphatic carbocycles. The van der Waals surface area contributed by atoms with E-state index in [0.29, 0.717) is 13.1 Å². The van der Waals surface area contributed by atoms with Gasteiger partial charge in [-0.15, -0.1) is 0 Å². The van der Waals surface area contributed by atoms with Gasteiger partial charge in [0.1, 0.15) is 6.04 Å². The monoisotopic (exact) mass is 262 g/mol. The van der Waals surface area contributed by atoms with E-state index in [1.807, 2.05) is 25.1 Å². The molecule has 104 valence electrons. The molecule has 1 aromatic rings. The van der Waals surface area contributed by atoms with E-state index < -0.39 is 0 Å². The van der Waals surface area contributed by atoms with Crippen LogP contribution in [0.1, 0.15) is 30.5 Å². The lowest BCUT2D eigenvalue weighted by molar-refractivity contribution is -0.134. The summed E-state index contributed by atoms with van der Waals surface area (Å²) in [5.74, 6) is 0.0723. The molecule has 0 saturated heterocycles. The summed E-state index contributed by atoms with van der Waals surface area (Å²) in [6, 6.07) is 7.84. The van der Waals surface area contributed by atoms with E-state index in [4.69, 9.17) is 5.11 Å². The first-order chi connectivity index (χ1) is 9.27. The molecule has 1 unspecified atom stereocenters. The molecule has 2 N–H and O–H groups in total. The summed E-state index contributed by atoms with van der Waals surface area (Å²) in [5, 5.41) is 12.4. The molecule has 0 spiro atoms. The SMILES string of the molecule is CCCN(CCO)C(=O)C1NCCc2ccccc21. The van der Waals surface area contributed by atoms with E-state index in [0.717, 1.165) is 24.9 Å². The zero-order valence-electron chi connectivity index (χ0n) is 11.4. The van der Waals surface area contributed by atoms with E-state index in [1.165, 1.54) is 5.56 Å². The van der Waals surface area contributed by atoms with E-state index in [-0.39, 0.29) is 18.6 Å². The second kappa shape index (κ2) is 6.68. The van der Waals surface area contributed by atoms with Gasteiger partial charge in [0.15, 0.2) is 0 Å². The van der Waals surface area contributed by atoms with Crippen molar-refractivity contribution in [3.8, 4) is 0 Å². The molecule has 4 nitrogen and oxygen atoms in total. The zero-order valence-corrected chi connectivity index (χ0v) is 11.4. The van der Waals surface area contributed by atoms with Crippen LogP contribution in [0.3, 0.4) is 0 Å². The average molecular weight is 262 g/mol. The Morgan fingerprint density at radius 3 is 2.95 bits per heavy atom. The highest BCUT2D eigenvalue weighted by Crippen LogP contribution is 2.24. The van der Waals surface area contributed by atoms with Crippen LogP contribution in [0.5, 0.6) is 0 Å². The summed E-state index contributed by atoms with van der Waals surface area (Å²) in [4.78, 5) is 14.3. The Bertz CT molecular complexity index is 428. The summed E-state index contributed by atoms with van der Waals surface area (Å²) in [6.45, 7) is 3.99. The third-order valence-electron chi connectivity index (χ3n) is 3.53. The van der Waals surface area contributed by atoms with Crippen molar-refractivity contribution >= 4 is 5.91 Å². The van der Waals surface area contributed by atoms with Crippen molar-refractivity contribution in [2.75, 3.05) is 26.2 Å². The van der Waals surface area contributed by atoms with Crippen molar-refractivity contribution in [2.45, 2.75) is 25.8 Å². The first kappa shape index (κ1) is 14.0. The molecule has 0 radical (unpaired) electrons. The highest BCUT2D eigenvalue weighted by Gasteiger charge is 2.28. The molecule has 1 aromatic carbocycles. The van der Waals surface area contributed by atoms with Gasteiger partial charge in [-0.25, -0.2) is 0 Å². The largest absolute Gasteiger partial charge is 0.395 e. The lowest BCUT2D eigenvalue weighted by Gasteiger charge is -2.31. The van der Waals surface area contributed by atoms with Gasteiger partial charge in [0, 0.05) is 19.6 Å². The van der Waals surface area contributed by atoms with Crippen molar-refractivity contribution in [1.82, 2.24) is 10.2 Å². The van der Waals surface area contributed by atoms with Crippen molar-refractivity contribution in [1.29, 1.82) is 0 Å². The highest BCUT2D eigenvalue weighted by atomic mass is 16.3. The summed E-state index contributed by atoms with van der Waals surface area (Å²) in [6.07, 6.45) is 1.87. The molecule has 0 fully saturated rings. The van der Waals surface area contributed by atoms with Crippen LogP contribution in [-0.4, -0.2) is 42.2 Å². The third-order valence-corrected chi connectivity index (χ3v) is 3.53. The number of carbonyl (C=O) groups is 1. The van der Waals surface area contributed by atoms with Crippen molar-refractivity contribution in [2.24, 2.45) is 0 Å². The Kier molecular flexibility index (Phi) is 4.93. The van der Waals surface area contributed by atoms with Crippen molar-refractivity contribution in [3.05, 3.63) is 35.4 Å². The number of rotatable bonds is 5. The average Bonchev–Trinajstić information content (AvgIpc) is 2.46. The van der Waals surface area contributed by atoms with Crippen molar-refractivity contribution < 1.29 is 9.90 Å². The minimum atomic E-state index is -0.261. The number of amides is 1. The number of nitrogens with one attached hydrogen (secondary N) is 1. The summed E-state index contributed by atoms with van der Waals surface area (Å²) in [7, 11) is 0. The maximum atomic E-state index is 12.6. The minimum absolute atomic E-state index is 0.0140. The van der Waals surface area contributed by atoms with Gasteiger partial charge in [0.2, 0.25) is 5.91 Å². The van der Waals surface area contributed by atoms with E-state index in [9.17, 15) is 4.79 Å². The number of fused-ring (bicyclic) bond motifs is 1. The van der Waals surface area contributed by atoms with Gasteiger partial charge in [-0.1, -0.05) is 31.2 Å². The number of aliphatic hydroxyl groups excluding tert-OH is 1. The molecule has 0 saturated carbocycles. The fraction of sp³-hybridized carbons (Fsp3) is 0.533. The Morgan fingerprint density at radius 2 is 2.21 bits per heavy atom. The molecule has 1 amide bonds. The lowest BCUT2D eigenvalue weighted by atomic mass is 9.93. The fourth-order valence-electron chi connectivity index (χ4n) is 2.63. The summed E-state index contributed by atoms with van der Waals surface area (Å²) < 4.78 is 0. The van der Waals surface area contributed by atoms with Gasteiger partial charge in [-0.2, -0.15) is 0 Å². The molecule has 0 aromatic heterocycles. The quantitative estimate of drug-likeness (QED) is 0.835. The molecule has 0 bridgehead atoms. The predicted octanol–water partition coefficient (Wildman–Crippen LogP) is 1.10. The molecule has 4 heteroatoms. The molecular weight excluding hydrogens is 240 g/mol. The first-order valence-corrected chi connectivity index (χ1v) is 6.98. The molecular formula is C15H22N2O2. The Morgan fingerprint density at radius 1 is 1.42 bits per heavy atom. The van der Waals surface area contributed by atoms with Crippen molar-refractivity contribution in [3.63, 3.8) is 0 Å². The van der Waals surface area contributed by atoms with Crippen LogP contribution < -0.4 is 5.32 Å². The first-order valence-electron chi connectivity index (χ1n) is 6.98. The summed E-state index contributed by atoms with van der Waals surface area (Å²) >= 11 is 0. The summed E-state index contributed by atoms with van der Waals surface area (Å²) in [5.41, 5.74) is 2.33. The second-order valence-electron chi connectivity index (χ2n) is 4.88. The lowest BCUT2D eigenvalue weighted by Crippen LogP contribution is -2.45. The molecule has 1 heterocycles. The van der Waals surface area contributed by atoms with E-state index in [1.54, 1.807) is 4.90 Å². The molecule has 1 atom stereocenters. The van der Waals surface area contributed by atoms with Crippen LogP contribution in [0.4, 0.5) is 0 Å². The smallest absolute Gasteiger partial charge is 0.244 e. The van der Waals surface area contributed by atoms with E-state index in [2.05, 4.69) is 11.4 Å². The number of hydrogen-bond acceptors (Lipinski definition) is 3. The molecule has 2 rings (SSSR count). The van der Waals surface area contributed by atoms with Gasteiger partial charge in [0.05, 0.1) is 6.61 Å². The molecule has 19 heavy (non-hydrogen) atoms.